The van der Waals surface area contributed by atoms with Crippen molar-refractivity contribution in [3.8, 4) is 28.3 Å². The quantitative estimate of drug-likeness (QED) is 0.210. The van der Waals surface area contributed by atoms with Crippen molar-refractivity contribution in [2.45, 2.75) is 90.8 Å². The highest BCUT2D eigenvalue weighted by Gasteiger charge is 2.36. The molecule has 8 nitrogen and oxygen atoms in total. The van der Waals surface area contributed by atoms with Crippen LogP contribution in [0, 0.1) is 11.6 Å². The highest BCUT2D eigenvalue weighted by molar-refractivity contribution is 7.17. The summed E-state index contributed by atoms with van der Waals surface area (Å²) in [6.45, 7) is 19.6. The molecular weight excluding hydrogens is 615 g/mol. The maximum atomic E-state index is 16.0. The lowest BCUT2D eigenvalue weighted by Gasteiger charge is -2.37. The molecule has 4 aromatic rings. The molecule has 4 heterocycles. The van der Waals surface area contributed by atoms with E-state index in [0.717, 1.165) is 17.8 Å². The number of carbonyl (C=O) groups is 1. The molecule has 5 rings (SSSR count). The number of nitrogens with zero attached hydrogens (tertiary/aromatic N) is 3. The Bertz CT molecular complexity index is 1820. The Morgan fingerprint density at radius 1 is 1.11 bits per heavy atom. The number of fused-ring (bicyclic) bond motifs is 2. The minimum absolute atomic E-state index is 0.0692. The van der Waals surface area contributed by atoms with E-state index < -0.39 is 31.4 Å². The summed E-state index contributed by atoms with van der Waals surface area (Å²) in [7, 11) is -1.73. The summed E-state index contributed by atoms with van der Waals surface area (Å²) < 4.78 is 44.8. The van der Waals surface area contributed by atoms with Gasteiger partial charge >= 0.3 is 6.09 Å². The van der Waals surface area contributed by atoms with Crippen molar-refractivity contribution >= 4 is 35.6 Å². The van der Waals surface area contributed by atoms with E-state index in [9.17, 15) is 14.0 Å². The Morgan fingerprint density at radius 3 is 2.49 bits per heavy atom. The van der Waals surface area contributed by atoms with Gasteiger partial charge in [0.1, 0.15) is 28.7 Å². The maximum absolute atomic E-state index is 16.0. The average Bonchev–Trinajstić information content (AvgIpc) is 3.56. The van der Waals surface area contributed by atoms with Crippen LogP contribution in [0.5, 0.6) is 5.75 Å². The number of rotatable bonds is 6. The number of halogens is 2. The zero-order valence-electron chi connectivity index (χ0n) is 27.4. The van der Waals surface area contributed by atoms with Gasteiger partial charge in [0.25, 0.3) is 5.56 Å². The normalized spacial score (nSPS) is 15.8. The minimum atomic E-state index is -1.73. The molecule has 0 bridgehead atoms. The third kappa shape index (κ3) is 6.44. The first kappa shape index (κ1) is 32.9. The molecule has 0 saturated carbocycles. The third-order valence-electron chi connectivity index (χ3n) is 9.05. The number of aromatic amines is 1. The molecule has 3 aromatic heterocycles. The molecule has 1 atom stereocenters. The van der Waals surface area contributed by atoms with Gasteiger partial charge in [-0.25, -0.2) is 13.6 Å². The van der Waals surface area contributed by atoms with Crippen molar-refractivity contribution in [3.05, 3.63) is 57.3 Å². The molecule has 12 heteroatoms. The fourth-order valence-corrected chi connectivity index (χ4v) is 7.67. The van der Waals surface area contributed by atoms with E-state index in [1.807, 2.05) is 27.7 Å². The second-order valence-corrected chi connectivity index (χ2v) is 21.1. The van der Waals surface area contributed by atoms with Crippen LogP contribution in [-0.2, 0) is 11.3 Å². The number of H-pyrrole nitrogens is 1. The summed E-state index contributed by atoms with van der Waals surface area (Å²) in [6, 6.07) is 5.95. The van der Waals surface area contributed by atoms with Gasteiger partial charge in [0.05, 0.1) is 54.3 Å². The first-order valence-electron chi connectivity index (χ1n) is 15.2. The molecular formula is C33H42F2N4O4SSi. The van der Waals surface area contributed by atoms with Crippen LogP contribution in [0.15, 0.2) is 34.4 Å². The number of nitrogens with one attached hydrogen (secondary N) is 1. The van der Waals surface area contributed by atoms with Gasteiger partial charge in [-0.05, 0) is 56.3 Å². The zero-order chi connectivity index (χ0) is 33.1. The Kier molecular flexibility index (Phi) is 8.54. The predicted octanol–water partition coefficient (Wildman–Crippen LogP) is 8.60. The summed E-state index contributed by atoms with van der Waals surface area (Å²) >= 11 is 1.30. The van der Waals surface area contributed by atoms with Crippen LogP contribution in [0.25, 0.3) is 32.6 Å². The summed E-state index contributed by atoms with van der Waals surface area (Å²) in [4.78, 5) is 30.8. The van der Waals surface area contributed by atoms with Crippen LogP contribution in [-0.4, -0.2) is 52.6 Å². The third-order valence-corrected chi connectivity index (χ3v) is 15.5. The van der Waals surface area contributed by atoms with E-state index >= 15 is 4.39 Å². The number of thiophene rings is 1. The van der Waals surface area contributed by atoms with Crippen molar-refractivity contribution in [3.63, 3.8) is 0 Å². The zero-order valence-corrected chi connectivity index (χ0v) is 29.2. The van der Waals surface area contributed by atoms with E-state index in [2.05, 4.69) is 38.8 Å². The second kappa shape index (κ2) is 11.7. The molecule has 1 aromatic carbocycles. The molecule has 1 N–H and O–H groups in total. The summed E-state index contributed by atoms with van der Waals surface area (Å²) in [5.74, 6) is -1.48. The molecule has 0 radical (unpaired) electrons. The molecule has 0 fully saturated rings. The number of hydrogen-bond donors (Lipinski definition) is 1. The van der Waals surface area contributed by atoms with Gasteiger partial charge in [0.2, 0.25) is 0 Å². The highest BCUT2D eigenvalue weighted by Crippen LogP contribution is 2.45. The minimum Gasteiger partial charge on any atom is -0.493 e. The van der Waals surface area contributed by atoms with Gasteiger partial charge in [-0.1, -0.05) is 33.9 Å². The molecule has 45 heavy (non-hydrogen) atoms. The van der Waals surface area contributed by atoms with E-state index in [1.54, 1.807) is 27.1 Å². The van der Waals surface area contributed by atoms with Crippen LogP contribution in [0.1, 0.15) is 60.2 Å². The fraction of sp³-hybridized carbons (Fsp3) is 0.485. The van der Waals surface area contributed by atoms with E-state index in [0.29, 0.717) is 46.7 Å². The molecule has 0 spiro atoms. The standard InChI is InChI=1S/C33H42F2N4O4SSi/c1-19-24-18-23(37-39(24)12-11-38(19)31(41)43-32(2,3)4)28-27(29-21(10-14-44-29)30(40)36-28)26-22(35)16-20(34)17-25(26)42-13-15-45(8,9)33(5,6)7/h10,14,16-19H,11-13,15H2,1-9H3,(H,36,40)/t19-/m1/s1. The van der Waals surface area contributed by atoms with Crippen LogP contribution in [0.4, 0.5) is 13.6 Å². The number of hydrogen-bond acceptors (Lipinski definition) is 6. The van der Waals surface area contributed by atoms with Gasteiger partial charge in [-0.2, -0.15) is 5.10 Å². The Hall–Kier alpha value is -3.51. The molecule has 1 aliphatic heterocycles. The molecule has 1 aliphatic rings. The number of aromatic nitrogens is 3. The average molecular weight is 657 g/mol. The summed E-state index contributed by atoms with van der Waals surface area (Å²) in [5, 5.41) is 7.08. The number of carbonyl (C=O) groups excluding carboxylic acids is 1. The van der Waals surface area contributed by atoms with Crippen molar-refractivity contribution in [1.82, 2.24) is 19.7 Å². The first-order chi connectivity index (χ1) is 20.9. The van der Waals surface area contributed by atoms with Crippen LogP contribution < -0.4 is 10.3 Å². The van der Waals surface area contributed by atoms with Gasteiger partial charge in [-0.3, -0.25) is 14.4 Å². The SMILES string of the molecule is C[C@@H]1c2cc(-c3[nH]c(=O)c4ccsc4c3-c3c(F)cc(F)cc3OCC[Si](C)(C)C(C)(C)C)nn2CCN1C(=O)OC(C)(C)C. The molecule has 0 aliphatic carbocycles. The van der Waals surface area contributed by atoms with Gasteiger partial charge in [-0.15, -0.1) is 11.3 Å². The van der Waals surface area contributed by atoms with E-state index in [4.69, 9.17) is 14.6 Å². The predicted molar refractivity (Wildman–Crippen MR) is 178 cm³/mol. The van der Waals surface area contributed by atoms with Crippen LogP contribution in [0.2, 0.25) is 24.2 Å². The number of benzene rings is 1. The smallest absolute Gasteiger partial charge is 0.410 e. The number of ether oxygens (including phenoxy) is 2. The molecule has 0 unspecified atom stereocenters. The topological polar surface area (TPSA) is 89.5 Å². The summed E-state index contributed by atoms with van der Waals surface area (Å²) in [5.41, 5.74) is 0.904. The Labute approximate surface area is 267 Å². The number of amides is 1. The fourth-order valence-electron chi connectivity index (χ4n) is 5.36. The van der Waals surface area contributed by atoms with Crippen molar-refractivity contribution in [2.24, 2.45) is 0 Å². The van der Waals surface area contributed by atoms with Crippen molar-refractivity contribution < 1.29 is 23.0 Å². The molecule has 0 saturated heterocycles. The van der Waals surface area contributed by atoms with Gasteiger partial charge in [0, 0.05) is 24.2 Å². The van der Waals surface area contributed by atoms with Crippen molar-refractivity contribution in [2.75, 3.05) is 13.2 Å². The summed E-state index contributed by atoms with van der Waals surface area (Å²) in [6.07, 6.45) is -0.425. The highest BCUT2D eigenvalue weighted by atomic mass is 32.1. The van der Waals surface area contributed by atoms with E-state index in [-0.39, 0.29) is 28.0 Å². The lowest BCUT2D eigenvalue weighted by molar-refractivity contribution is 0.0120. The Balaban J connectivity index is 1.61. The first-order valence-corrected chi connectivity index (χ1v) is 19.3. The monoisotopic (exact) mass is 656 g/mol. The molecule has 1 amide bonds. The maximum Gasteiger partial charge on any atom is 0.410 e. The van der Waals surface area contributed by atoms with Gasteiger partial charge < -0.3 is 14.5 Å². The second-order valence-electron chi connectivity index (χ2n) is 14.4. The van der Waals surface area contributed by atoms with Crippen molar-refractivity contribution in [1.29, 1.82) is 0 Å². The lowest BCUT2D eigenvalue weighted by atomic mass is 9.98. The van der Waals surface area contributed by atoms with Crippen LogP contribution in [0.3, 0.4) is 0 Å². The Morgan fingerprint density at radius 2 is 1.82 bits per heavy atom. The van der Waals surface area contributed by atoms with Gasteiger partial charge in [0.15, 0.2) is 0 Å². The van der Waals surface area contributed by atoms with Crippen LogP contribution >= 0.6 is 11.3 Å². The van der Waals surface area contributed by atoms with E-state index in [1.165, 1.54) is 17.4 Å². The molecule has 242 valence electrons. The number of pyridine rings is 1. The lowest BCUT2D eigenvalue weighted by Crippen LogP contribution is -2.43. The largest absolute Gasteiger partial charge is 0.493 e.